The summed E-state index contributed by atoms with van der Waals surface area (Å²) in [6.07, 6.45) is 1.17. The predicted molar refractivity (Wildman–Crippen MR) is 77.3 cm³/mol. The molecule has 0 aliphatic heterocycles. The Labute approximate surface area is 123 Å². The quantitative estimate of drug-likeness (QED) is 0.884. The third-order valence-corrected chi connectivity index (χ3v) is 3.44. The van der Waals surface area contributed by atoms with Gasteiger partial charge in [0.25, 0.3) is 0 Å². The summed E-state index contributed by atoms with van der Waals surface area (Å²) >= 11 is 0. The molecular weight excluding hydrogens is 274 g/mol. The van der Waals surface area contributed by atoms with Gasteiger partial charge in [0.1, 0.15) is 5.82 Å². The van der Waals surface area contributed by atoms with E-state index in [0.29, 0.717) is 12.8 Å². The average Bonchev–Trinajstić information content (AvgIpc) is 2.49. The maximum absolute atomic E-state index is 13.6. The lowest BCUT2D eigenvalue weighted by Crippen LogP contribution is -2.13. The third-order valence-electron chi connectivity index (χ3n) is 3.44. The monoisotopic (exact) mass is 292 g/mol. The normalized spacial score (nSPS) is 12.2. The van der Waals surface area contributed by atoms with Crippen LogP contribution in [0.2, 0.25) is 0 Å². The fourth-order valence-electron chi connectivity index (χ4n) is 2.33. The predicted octanol–water partition coefficient (Wildman–Crippen LogP) is 3.37. The number of hydrogen-bond donors (Lipinski definition) is 1. The molecule has 2 nitrogen and oxygen atoms in total. The SMILES string of the molecule is COc1ccc(CC(CO)Cc2ccc(F)cc2)cc1F. The minimum atomic E-state index is -0.409. The average molecular weight is 292 g/mol. The molecule has 0 aliphatic carbocycles. The van der Waals surface area contributed by atoms with Gasteiger partial charge in [-0.05, 0) is 54.2 Å². The molecule has 0 spiro atoms. The van der Waals surface area contributed by atoms with Gasteiger partial charge in [0, 0.05) is 6.61 Å². The molecule has 0 bridgehead atoms. The number of benzene rings is 2. The molecule has 0 fully saturated rings. The molecule has 0 amide bonds. The molecule has 21 heavy (non-hydrogen) atoms. The Kier molecular flexibility index (Phi) is 5.28. The summed E-state index contributed by atoms with van der Waals surface area (Å²) in [6.45, 7) is -0.00890. The van der Waals surface area contributed by atoms with Gasteiger partial charge in [-0.25, -0.2) is 8.78 Å². The van der Waals surface area contributed by atoms with Crippen LogP contribution in [0.3, 0.4) is 0 Å². The summed E-state index contributed by atoms with van der Waals surface area (Å²) in [6, 6.07) is 11.0. The van der Waals surface area contributed by atoms with Crippen LogP contribution in [-0.4, -0.2) is 18.8 Å². The number of ether oxygens (including phenoxy) is 1. The number of halogens is 2. The largest absolute Gasteiger partial charge is 0.494 e. The van der Waals surface area contributed by atoms with Gasteiger partial charge in [-0.2, -0.15) is 0 Å². The lowest BCUT2D eigenvalue weighted by Gasteiger charge is -2.15. The van der Waals surface area contributed by atoms with E-state index in [1.165, 1.54) is 25.3 Å². The molecule has 0 aromatic heterocycles. The van der Waals surface area contributed by atoms with Crippen molar-refractivity contribution in [1.82, 2.24) is 0 Å². The molecule has 1 atom stereocenters. The number of aliphatic hydroxyl groups excluding tert-OH is 1. The van der Waals surface area contributed by atoms with E-state index in [1.807, 2.05) is 0 Å². The van der Waals surface area contributed by atoms with Crippen LogP contribution in [0.15, 0.2) is 42.5 Å². The van der Waals surface area contributed by atoms with Crippen LogP contribution in [0.25, 0.3) is 0 Å². The first-order valence-corrected chi connectivity index (χ1v) is 6.80. The lowest BCUT2D eigenvalue weighted by molar-refractivity contribution is 0.225. The highest BCUT2D eigenvalue weighted by molar-refractivity contribution is 5.29. The Balaban J connectivity index is 2.05. The van der Waals surface area contributed by atoms with Crippen molar-refractivity contribution >= 4 is 0 Å². The van der Waals surface area contributed by atoms with Gasteiger partial charge in [-0.3, -0.25) is 0 Å². The van der Waals surface area contributed by atoms with Crippen molar-refractivity contribution in [2.75, 3.05) is 13.7 Å². The highest BCUT2D eigenvalue weighted by Crippen LogP contribution is 2.21. The first-order valence-electron chi connectivity index (χ1n) is 6.80. The molecule has 0 saturated carbocycles. The van der Waals surface area contributed by atoms with Crippen molar-refractivity contribution in [3.05, 3.63) is 65.2 Å². The maximum Gasteiger partial charge on any atom is 0.165 e. The highest BCUT2D eigenvalue weighted by Gasteiger charge is 2.12. The zero-order chi connectivity index (χ0) is 15.2. The molecule has 2 aromatic rings. The standard InChI is InChI=1S/C17H18F2O2/c1-21-17-7-4-13(10-16(17)19)9-14(11-20)8-12-2-5-15(18)6-3-12/h2-7,10,14,20H,8-9,11H2,1H3. The molecule has 0 heterocycles. The van der Waals surface area contributed by atoms with Gasteiger partial charge in [0.05, 0.1) is 7.11 Å². The summed E-state index contributed by atoms with van der Waals surface area (Å²) < 4.78 is 31.4. The molecule has 0 aliphatic rings. The lowest BCUT2D eigenvalue weighted by atomic mass is 9.93. The molecule has 2 rings (SSSR count). The Bertz CT molecular complexity index is 582. The molecular formula is C17H18F2O2. The summed E-state index contributed by atoms with van der Waals surface area (Å²) in [4.78, 5) is 0. The summed E-state index contributed by atoms with van der Waals surface area (Å²) in [5.74, 6) is -0.522. The van der Waals surface area contributed by atoms with Crippen molar-refractivity contribution in [1.29, 1.82) is 0 Å². The minimum absolute atomic E-state index is 0.00890. The Morgan fingerprint density at radius 1 is 1.00 bits per heavy atom. The Hall–Kier alpha value is -1.94. The zero-order valence-corrected chi connectivity index (χ0v) is 11.9. The number of methoxy groups -OCH3 is 1. The van der Waals surface area contributed by atoms with E-state index < -0.39 is 5.82 Å². The molecule has 1 N–H and O–H groups in total. The van der Waals surface area contributed by atoms with Crippen LogP contribution in [0, 0.1) is 17.6 Å². The van der Waals surface area contributed by atoms with Crippen molar-refractivity contribution in [3.63, 3.8) is 0 Å². The van der Waals surface area contributed by atoms with Crippen molar-refractivity contribution in [2.24, 2.45) is 5.92 Å². The molecule has 0 radical (unpaired) electrons. The van der Waals surface area contributed by atoms with Crippen LogP contribution >= 0.6 is 0 Å². The second kappa shape index (κ2) is 7.18. The van der Waals surface area contributed by atoms with Crippen molar-refractivity contribution in [2.45, 2.75) is 12.8 Å². The summed E-state index contributed by atoms with van der Waals surface area (Å²) in [5, 5.41) is 9.48. The van der Waals surface area contributed by atoms with Gasteiger partial charge in [-0.1, -0.05) is 18.2 Å². The van der Waals surface area contributed by atoms with E-state index in [0.717, 1.165) is 11.1 Å². The van der Waals surface area contributed by atoms with Gasteiger partial charge in [-0.15, -0.1) is 0 Å². The Morgan fingerprint density at radius 3 is 2.19 bits per heavy atom. The molecule has 4 heteroatoms. The molecule has 1 unspecified atom stereocenters. The van der Waals surface area contributed by atoms with Crippen LogP contribution in [0.4, 0.5) is 8.78 Å². The number of aliphatic hydroxyl groups is 1. The summed E-state index contributed by atoms with van der Waals surface area (Å²) in [5.41, 5.74) is 1.75. The van der Waals surface area contributed by atoms with E-state index in [9.17, 15) is 13.9 Å². The first kappa shape index (κ1) is 15.4. The van der Waals surface area contributed by atoms with Crippen LogP contribution in [0.1, 0.15) is 11.1 Å². The Morgan fingerprint density at radius 2 is 1.62 bits per heavy atom. The van der Waals surface area contributed by atoms with Crippen LogP contribution in [0.5, 0.6) is 5.75 Å². The number of hydrogen-bond acceptors (Lipinski definition) is 2. The van der Waals surface area contributed by atoms with E-state index in [1.54, 1.807) is 24.3 Å². The molecule has 2 aromatic carbocycles. The van der Waals surface area contributed by atoms with E-state index in [-0.39, 0.29) is 24.1 Å². The van der Waals surface area contributed by atoms with Gasteiger partial charge < -0.3 is 9.84 Å². The fourth-order valence-corrected chi connectivity index (χ4v) is 2.33. The van der Waals surface area contributed by atoms with Crippen LogP contribution in [-0.2, 0) is 12.8 Å². The van der Waals surface area contributed by atoms with Crippen LogP contribution < -0.4 is 4.74 Å². The van der Waals surface area contributed by atoms with Gasteiger partial charge in [0.2, 0.25) is 0 Å². The highest BCUT2D eigenvalue weighted by atomic mass is 19.1. The molecule has 0 saturated heterocycles. The fraction of sp³-hybridized carbons (Fsp3) is 0.294. The van der Waals surface area contributed by atoms with E-state index in [4.69, 9.17) is 4.74 Å². The first-order chi connectivity index (χ1) is 10.1. The smallest absolute Gasteiger partial charge is 0.165 e. The second-order valence-electron chi connectivity index (χ2n) is 5.05. The second-order valence-corrected chi connectivity index (χ2v) is 5.05. The van der Waals surface area contributed by atoms with Crippen molar-refractivity contribution < 1.29 is 18.6 Å². The van der Waals surface area contributed by atoms with Gasteiger partial charge >= 0.3 is 0 Å². The maximum atomic E-state index is 13.6. The van der Waals surface area contributed by atoms with E-state index >= 15 is 0 Å². The van der Waals surface area contributed by atoms with Crippen molar-refractivity contribution in [3.8, 4) is 5.75 Å². The zero-order valence-electron chi connectivity index (χ0n) is 11.9. The van der Waals surface area contributed by atoms with Gasteiger partial charge in [0.15, 0.2) is 11.6 Å². The summed E-state index contributed by atoms with van der Waals surface area (Å²) in [7, 11) is 1.42. The minimum Gasteiger partial charge on any atom is -0.494 e. The topological polar surface area (TPSA) is 29.5 Å². The number of rotatable bonds is 6. The molecule has 112 valence electrons. The van der Waals surface area contributed by atoms with E-state index in [2.05, 4.69) is 0 Å². The third kappa shape index (κ3) is 4.26.